The molecule has 3 nitrogen and oxygen atoms in total. The van der Waals surface area contributed by atoms with Crippen molar-refractivity contribution in [3.63, 3.8) is 0 Å². The molecule has 0 aromatic heterocycles. The molecule has 2 aliphatic carbocycles. The molecule has 1 fully saturated rings. The summed E-state index contributed by atoms with van der Waals surface area (Å²) in [5, 5.41) is 10.2. The predicted octanol–water partition coefficient (Wildman–Crippen LogP) is 5.86. The Kier molecular flexibility index (Phi) is 7.96. The van der Waals surface area contributed by atoms with Gasteiger partial charge in [-0.25, -0.2) is 0 Å². The third-order valence-electron chi connectivity index (χ3n) is 6.95. The summed E-state index contributed by atoms with van der Waals surface area (Å²) in [5.41, 5.74) is 2.33. The van der Waals surface area contributed by atoms with E-state index in [0.717, 1.165) is 50.7 Å². The molecule has 3 rings (SSSR count). The Balaban J connectivity index is 1.59. The minimum atomic E-state index is 0.184. The van der Waals surface area contributed by atoms with Gasteiger partial charge in [-0.15, -0.1) is 0 Å². The van der Waals surface area contributed by atoms with E-state index in [1.807, 2.05) is 6.07 Å². The summed E-state index contributed by atoms with van der Waals surface area (Å²) in [6.45, 7) is 5.29. The normalized spacial score (nSPS) is 24.8. The number of rotatable bonds is 11. The molecule has 156 valence electrons. The number of carbonyl (C=O) groups excluding carboxylic acids is 1. The van der Waals surface area contributed by atoms with Crippen molar-refractivity contribution in [2.75, 3.05) is 6.61 Å². The van der Waals surface area contributed by atoms with E-state index < -0.39 is 0 Å². The quantitative estimate of drug-likeness (QED) is 0.485. The van der Waals surface area contributed by atoms with Gasteiger partial charge in [0.15, 0.2) is 0 Å². The number of hydrogen-bond acceptors (Lipinski definition) is 3. The molecule has 0 heterocycles. The van der Waals surface area contributed by atoms with Gasteiger partial charge in [0, 0.05) is 18.9 Å². The first-order valence-electron chi connectivity index (χ1n) is 11.6. The summed E-state index contributed by atoms with van der Waals surface area (Å²) in [4.78, 5) is 12.8. The maximum Gasteiger partial charge on any atom is 0.136 e. The molecule has 1 N–H and O–H groups in total. The van der Waals surface area contributed by atoms with Crippen LogP contribution in [0.3, 0.4) is 0 Å². The van der Waals surface area contributed by atoms with E-state index in [4.69, 9.17) is 4.74 Å². The molecular formula is C25H38O3. The van der Waals surface area contributed by atoms with Gasteiger partial charge in [0.2, 0.25) is 0 Å². The summed E-state index contributed by atoms with van der Waals surface area (Å²) < 4.78 is 6.19. The number of unbranched alkanes of at least 4 members (excludes halogenated alkanes) is 3. The van der Waals surface area contributed by atoms with Crippen molar-refractivity contribution in [1.29, 1.82) is 0 Å². The van der Waals surface area contributed by atoms with Crippen LogP contribution in [0.4, 0.5) is 0 Å². The summed E-state index contributed by atoms with van der Waals surface area (Å²) in [6.07, 6.45) is 11.9. The lowest BCUT2D eigenvalue weighted by atomic mass is 9.73. The summed E-state index contributed by atoms with van der Waals surface area (Å²) in [6, 6.07) is 5.85. The first kappa shape index (κ1) is 21.4. The third kappa shape index (κ3) is 5.17. The average Bonchev–Trinajstić information content (AvgIpc) is 2.99. The first-order valence-corrected chi connectivity index (χ1v) is 11.6. The van der Waals surface area contributed by atoms with Crippen molar-refractivity contribution in [1.82, 2.24) is 0 Å². The highest BCUT2D eigenvalue weighted by molar-refractivity contribution is 5.84. The van der Waals surface area contributed by atoms with Crippen LogP contribution in [0.15, 0.2) is 18.2 Å². The Labute approximate surface area is 170 Å². The number of phenolic OH excluding ortho intramolecular Hbond substituents is 1. The van der Waals surface area contributed by atoms with Crippen LogP contribution in [0.25, 0.3) is 0 Å². The van der Waals surface area contributed by atoms with Crippen LogP contribution in [0, 0.1) is 17.8 Å². The van der Waals surface area contributed by atoms with Gasteiger partial charge >= 0.3 is 0 Å². The molecule has 4 atom stereocenters. The third-order valence-corrected chi connectivity index (χ3v) is 6.95. The zero-order chi connectivity index (χ0) is 19.9. The highest BCUT2D eigenvalue weighted by atomic mass is 16.5. The number of Topliss-reactive ketones (excluding diaryl/α,β-unsaturated/α-hetero) is 1. The van der Waals surface area contributed by atoms with Crippen LogP contribution >= 0.6 is 0 Å². The molecule has 0 radical (unpaired) electrons. The van der Waals surface area contributed by atoms with E-state index in [-0.39, 0.29) is 5.92 Å². The van der Waals surface area contributed by atoms with Crippen LogP contribution in [0.2, 0.25) is 0 Å². The summed E-state index contributed by atoms with van der Waals surface area (Å²) >= 11 is 0. The molecule has 3 heteroatoms. The van der Waals surface area contributed by atoms with E-state index in [1.54, 1.807) is 6.07 Å². The zero-order valence-electron chi connectivity index (χ0n) is 17.8. The molecule has 3 unspecified atom stereocenters. The Morgan fingerprint density at radius 1 is 1.07 bits per heavy atom. The average molecular weight is 387 g/mol. The second-order valence-electron chi connectivity index (χ2n) is 8.94. The molecular weight excluding hydrogens is 348 g/mol. The smallest absolute Gasteiger partial charge is 0.136 e. The van der Waals surface area contributed by atoms with Crippen molar-refractivity contribution in [2.45, 2.75) is 90.6 Å². The maximum absolute atomic E-state index is 12.8. The summed E-state index contributed by atoms with van der Waals surface area (Å²) in [7, 11) is 0. The van der Waals surface area contributed by atoms with E-state index in [1.165, 1.54) is 31.2 Å². The van der Waals surface area contributed by atoms with Gasteiger partial charge in [0.25, 0.3) is 0 Å². The molecule has 0 amide bonds. The van der Waals surface area contributed by atoms with E-state index >= 15 is 0 Å². The number of aromatic hydroxyl groups is 1. The number of fused-ring (bicyclic) bond motifs is 2. The van der Waals surface area contributed by atoms with E-state index in [9.17, 15) is 9.90 Å². The highest BCUT2D eigenvalue weighted by Crippen LogP contribution is 2.46. The van der Waals surface area contributed by atoms with Crippen molar-refractivity contribution in [3.05, 3.63) is 29.3 Å². The molecule has 28 heavy (non-hydrogen) atoms. The van der Waals surface area contributed by atoms with Gasteiger partial charge in [-0.1, -0.05) is 51.7 Å². The number of ether oxygens (including phenoxy) is 1. The van der Waals surface area contributed by atoms with Crippen molar-refractivity contribution in [3.8, 4) is 5.75 Å². The minimum Gasteiger partial charge on any atom is -0.508 e. The topological polar surface area (TPSA) is 46.5 Å². The fraction of sp³-hybridized carbons (Fsp3) is 0.720. The number of benzene rings is 1. The van der Waals surface area contributed by atoms with Crippen molar-refractivity contribution >= 4 is 5.78 Å². The van der Waals surface area contributed by atoms with Crippen LogP contribution in [-0.4, -0.2) is 23.6 Å². The van der Waals surface area contributed by atoms with Gasteiger partial charge < -0.3 is 9.84 Å². The van der Waals surface area contributed by atoms with Crippen molar-refractivity contribution in [2.24, 2.45) is 17.8 Å². The van der Waals surface area contributed by atoms with Gasteiger partial charge in [0.1, 0.15) is 11.5 Å². The lowest BCUT2D eigenvalue weighted by Gasteiger charge is -2.31. The van der Waals surface area contributed by atoms with Gasteiger partial charge in [-0.2, -0.15) is 0 Å². The number of ketones is 1. The Morgan fingerprint density at radius 2 is 1.89 bits per heavy atom. The maximum atomic E-state index is 12.8. The lowest BCUT2D eigenvalue weighted by molar-refractivity contribution is -0.121. The predicted molar refractivity (Wildman–Crippen MR) is 114 cm³/mol. The Morgan fingerprint density at radius 3 is 2.68 bits per heavy atom. The monoisotopic (exact) mass is 386 g/mol. The van der Waals surface area contributed by atoms with E-state index in [2.05, 4.69) is 19.9 Å². The van der Waals surface area contributed by atoms with Crippen LogP contribution < -0.4 is 0 Å². The molecule has 1 aromatic carbocycles. The van der Waals surface area contributed by atoms with Crippen molar-refractivity contribution < 1.29 is 14.6 Å². The second kappa shape index (κ2) is 10.4. The SMILES string of the molecule is CCCCC[C@@H](CCC1C(=O)CC2Cc3c(O)cccc3CC21)OCCCC. The Bertz CT molecular complexity index is 629. The molecule has 0 spiro atoms. The molecule has 0 aliphatic heterocycles. The van der Waals surface area contributed by atoms with Crippen LogP contribution in [-0.2, 0) is 22.4 Å². The first-order chi connectivity index (χ1) is 13.6. The molecule has 1 saturated carbocycles. The molecule has 0 saturated heterocycles. The molecule has 0 bridgehead atoms. The molecule has 1 aromatic rings. The van der Waals surface area contributed by atoms with Gasteiger partial charge in [-0.3, -0.25) is 4.79 Å². The van der Waals surface area contributed by atoms with E-state index in [0.29, 0.717) is 35.9 Å². The highest BCUT2D eigenvalue weighted by Gasteiger charge is 2.44. The van der Waals surface area contributed by atoms with Gasteiger partial charge in [0.05, 0.1) is 6.10 Å². The number of hydrogen-bond donors (Lipinski definition) is 1. The number of phenols is 1. The van der Waals surface area contributed by atoms with Crippen LogP contribution in [0.1, 0.15) is 82.8 Å². The minimum absolute atomic E-state index is 0.184. The number of carbonyl (C=O) groups is 1. The largest absolute Gasteiger partial charge is 0.508 e. The Hall–Kier alpha value is -1.35. The van der Waals surface area contributed by atoms with Crippen LogP contribution in [0.5, 0.6) is 5.75 Å². The lowest BCUT2D eigenvalue weighted by Crippen LogP contribution is -2.27. The standard InChI is InChI=1S/C25H38O3/c1-3-5-7-10-20(28-14-6-4-2)12-13-21-22-15-18-9-8-11-24(26)23(18)16-19(22)17-25(21)27/h8-9,11,19-22,26H,3-7,10,12-17H2,1-2H3/t19?,20-,21?,22?/m0/s1. The fourth-order valence-corrected chi connectivity index (χ4v) is 5.29. The molecule has 2 aliphatic rings. The second-order valence-corrected chi connectivity index (χ2v) is 8.94. The zero-order valence-corrected chi connectivity index (χ0v) is 17.8. The summed E-state index contributed by atoms with van der Waals surface area (Å²) in [5.74, 6) is 1.91. The fourth-order valence-electron chi connectivity index (χ4n) is 5.29. The van der Waals surface area contributed by atoms with Gasteiger partial charge in [-0.05, 0) is 67.6 Å².